The number of hydrogen-bond donors (Lipinski definition) is 0. The number of hydrogen-bond acceptors (Lipinski definition) is 3. The molecule has 0 bridgehead atoms. The molecular weight excluding hydrogens is 281 g/mol. The van der Waals surface area contributed by atoms with Crippen molar-refractivity contribution >= 4 is 23.5 Å². The van der Waals surface area contributed by atoms with Gasteiger partial charge in [-0.2, -0.15) is 8.78 Å². The summed E-state index contributed by atoms with van der Waals surface area (Å²) in [6.45, 7) is 3.30. The van der Waals surface area contributed by atoms with E-state index in [-0.39, 0.29) is 13.2 Å². The smallest absolute Gasteiger partial charge is 0.300 e. The Labute approximate surface area is 89.8 Å². The summed E-state index contributed by atoms with van der Waals surface area (Å²) in [5, 5.41) is 0. The predicted molar refractivity (Wildman–Crippen MR) is 52.5 cm³/mol. The molecule has 0 aromatic heterocycles. The summed E-state index contributed by atoms with van der Waals surface area (Å²) < 4.78 is 45.3. The Morgan fingerprint density at radius 2 is 1.79 bits per heavy atom. The van der Waals surface area contributed by atoms with Gasteiger partial charge in [0.05, 0.1) is 13.2 Å². The van der Waals surface area contributed by atoms with Crippen LogP contribution in [0.4, 0.5) is 8.78 Å². The SMILES string of the molecule is CCOP(=O)(C#CC(F)(F)Br)OCC. The second-order valence-corrected chi connectivity index (χ2v) is 4.80. The molecule has 0 heterocycles. The molecule has 0 aromatic carbocycles. The highest BCUT2D eigenvalue weighted by atomic mass is 79.9. The van der Waals surface area contributed by atoms with Crippen molar-refractivity contribution in [1.82, 2.24) is 0 Å². The molecule has 0 saturated heterocycles. The summed E-state index contributed by atoms with van der Waals surface area (Å²) in [5.41, 5.74) is 1.80. The molecule has 0 fully saturated rings. The number of halogens is 3. The molecule has 0 aliphatic rings. The molecule has 0 rings (SSSR count). The molecule has 0 aliphatic carbocycles. The number of rotatable bonds is 4. The first kappa shape index (κ1) is 14.1. The fourth-order valence-corrected chi connectivity index (χ4v) is 1.99. The van der Waals surface area contributed by atoms with Gasteiger partial charge in [0.2, 0.25) is 0 Å². The summed E-state index contributed by atoms with van der Waals surface area (Å²) in [7, 11) is -3.69. The standard InChI is InChI=1S/C7H10BrF2O3P/c1-3-12-14(11,13-4-2)6-5-7(8,9)10/h3-4H2,1-2H3. The lowest BCUT2D eigenvalue weighted by Crippen LogP contribution is -2.00. The van der Waals surface area contributed by atoms with Gasteiger partial charge in [-0.1, -0.05) is 0 Å². The Kier molecular flexibility index (Phi) is 5.84. The largest absolute Gasteiger partial charge is 0.405 e. The van der Waals surface area contributed by atoms with E-state index < -0.39 is 12.4 Å². The molecule has 14 heavy (non-hydrogen) atoms. The highest BCUT2D eigenvalue weighted by molar-refractivity contribution is 9.10. The molecule has 0 radical (unpaired) electrons. The van der Waals surface area contributed by atoms with E-state index in [0.717, 1.165) is 0 Å². The van der Waals surface area contributed by atoms with Crippen LogP contribution in [-0.2, 0) is 13.6 Å². The minimum absolute atomic E-state index is 0.0831. The van der Waals surface area contributed by atoms with E-state index in [1.54, 1.807) is 19.5 Å². The van der Waals surface area contributed by atoms with Crippen molar-refractivity contribution in [3.05, 3.63) is 0 Å². The zero-order chi connectivity index (χ0) is 11.2. The quantitative estimate of drug-likeness (QED) is 0.453. The van der Waals surface area contributed by atoms with Crippen LogP contribution in [0.15, 0.2) is 0 Å². The molecular formula is C7H10BrF2O3P. The van der Waals surface area contributed by atoms with Crippen LogP contribution < -0.4 is 0 Å². The van der Waals surface area contributed by atoms with Crippen molar-refractivity contribution in [2.45, 2.75) is 18.7 Å². The van der Waals surface area contributed by atoms with Crippen LogP contribution in [0.25, 0.3) is 0 Å². The third-order valence-electron chi connectivity index (χ3n) is 0.933. The van der Waals surface area contributed by atoms with E-state index in [9.17, 15) is 13.3 Å². The number of alkyl halides is 3. The highest BCUT2D eigenvalue weighted by Gasteiger charge is 2.25. The molecule has 0 atom stereocenters. The van der Waals surface area contributed by atoms with Crippen LogP contribution in [0.3, 0.4) is 0 Å². The van der Waals surface area contributed by atoms with Crippen molar-refractivity contribution in [2.75, 3.05) is 13.2 Å². The van der Waals surface area contributed by atoms with Gasteiger partial charge in [0.15, 0.2) is 0 Å². The summed E-state index contributed by atoms with van der Waals surface area (Å²) in [6, 6.07) is 0. The maximum atomic E-state index is 12.2. The Morgan fingerprint density at radius 3 is 2.07 bits per heavy atom. The minimum Gasteiger partial charge on any atom is -0.300 e. The molecule has 82 valence electrons. The van der Waals surface area contributed by atoms with Gasteiger partial charge in [0, 0.05) is 21.6 Å². The fraction of sp³-hybridized carbons (Fsp3) is 0.714. The van der Waals surface area contributed by atoms with E-state index in [1.165, 1.54) is 5.92 Å². The van der Waals surface area contributed by atoms with Gasteiger partial charge in [-0.15, -0.1) is 0 Å². The molecule has 0 spiro atoms. The summed E-state index contributed by atoms with van der Waals surface area (Å²) in [4.78, 5) is -3.38. The normalized spacial score (nSPS) is 12.1. The van der Waals surface area contributed by atoms with Crippen LogP contribution in [0, 0.1) is 11.6 Å². The van der Waals surface area contributed by atoms with Gasteiger partial charge >= 0.3 is 12.4 Å². The van der Waals surface area contributed by atoms with Crippen molar-refractivity contribution in [3.8, 4) is 11.6 Å². The predicted octanol–water partition coefficient (Wildman–Crippen LogP) is 3.20. The maximum Gasteiger partial charge on any atom is 0.405 e. The first-order chi connectivity index (χ1) is 6.33. The van der Waals surface area contributed by atoms with Gasteiger partial charge in [-0.05, 0) is 19.8 Å². The Hall–Kier alpha value is 0.0500. The van der Waals surface area contributed by atoms with Crippen LogP contribution in [-0.4, -0.2) is 18.0 Å². The van der Waals surface area contributed by atoms with Crippen LogP contribution in [0.1, 0.15) is 13.8 Å². The van der Waals surface area contributed by atoms with E-state index in [1.807, 2.05) is 15.9 Å². The molecule has 0 aromatic rings. The van der Waals surface area contributed by atoms with E-state index in [2.05, 4.69) is 9.05 Å². The fourth-order valence-electron chi connectivity index (χ4n) is 0.574. The average molecular weight is 291 g/mol. The minimum atomic E-state index is -3.69. The zero-order valence-electron chi connectivity index (χ0n) is 7.72. The lowest BCUT2D eigenvalue weighted by atomic mass is 10.7. The second kappa shape index (κ2) is 5.82. The Balaban J connectivity index is 4.65. The maximum absolute atomic E-state index is 12.2. The molecule has 0 unspecified atom stereocenters. The molecule has 0 amide bonds. The summed E-state index contributed by atoms with van der Waals surface area (Å²) >= 11 is 1.99. The third-order valence-corrected chi connectivity index (χ3v) is 2.71. The monoisotopic (exact) mass is 290 g/mol. The third kappa shape index (κ3) is 6.50. The van der Waals surface area contributed by atoms with Gasteiger partial charge in [-0.3, -0.25) is 9.05 Å². The highest BCUT2D eigenvalue weighted by Crippen LogP contribution is 2.47. The molecule has 3 nitrogen and oxygen atoms in total. The average Bonchev–Trinajstić information content (AvgIpc) is 2.01. The topological polar surface area (TPSA) is 35.5 Å². The summed E-state index contributed by atoms with van der Waals surface area (Å²) in [5.74, 6) is 1.45. The molecule has 7 heteroatoms. The molecule has 0 aliphatic heterocycles. The first-order valence-electron chi connectivity index (χ1n) is 3.83. The first-order valence-corrected chi connectivity index (χ1v) is 6.17. The van der Waals surface area contributed by atoms with Crippen molar-refractivity contribution in [3.63, 3.8) is 0 Å². The van der Waals surface area contributed by atoms with Gasteiger partial charge in [-0.25, -0.2) is 4.57 Å². The second-order valence-electron chi connectivity index (χ2n) is 2.07. The van der Waals surface area contributed by atoms with Crippen molar-refractivity contribution in [2.24, 2.45) is 0 Å². The zero-order valence-corrected chi connectivity index (χ0v) is 10.2. The van der Waals surface area contributed by atoms with Gasteiger partial charge in [0.1, 0.15) is 0 Å². The van der Waals surface area contributed by atoms with E-state index in [0.29, 0.717) is 0 Å². The molecule has 0 N–H and O–H groups in total. The molecule has 0 saturated carbocycles. The van der Waals surface area contributed by atoms with Crippen LogP contribution in [0.2, 0.25) is 0 Å². The lowest BCUT2D eigenvalue weighted by molar-refractivity contribution is 0.182. The van der Waals surface area contributed by atoms with Gasteiger partial charge in [0.25, 0.3) is 0 Å². The lowest BCUT2D eigenvalue weighted by Gasteiger charge is -2.09. The van der Waals surface area contributed by atoms with Crippen molar-refractivity contribution in [1.29, 1.82) is 0 Å². The van der Waals surface area contributed by atoms with Crippen LogP contribution >= 0.6 is 23.5 Å². The summed E-state index contributed by atoms with van der Waals surface area (Å²) in [6.07, 6.45) is 0. The van der Waals surface area contributed by atoms with E-state index >= 15 is 0 Å². The van der Waals surface area contributed by atoms with Gasteiger partial charge < -0.3 is 0 Å². The van der Waals surface area contributed by atoms with E-state index in [4.69, 9.17) is 0 Å². The Morgan fingerprint density at radius 1 is 1.36 bits per heavy atom. The van der Waals surface area contributed by atoms with Crippen LogP contribution in [0.5, 0.6) is 0 Å². The van der Waals surface area contributed by atoms with Crippen molar-refractivity contribution < 1.29 is 22.4 Å². The Bertz CT molecular complexity index is 269.